The predicted molar refractivity (Wildman–Crippen MR) is 119 cm³/mol. The average Bonchev–Trinajstić information content (AvgIpc) is 3.31. The Balaban J connectivity index is 1.30. The lowest BCUT2D eigenvalue weighted by molar-refractivity contribution is -0.128. The molecule has 3 heterocycles. The fourth-order valence-electron chi connectivity index (χ4n) is 3.44. The molecule has 2 aromatic heterocycles. The minimum Gasteiger partial charge on any atom is -0.338 e. The zero-order valence-corrected chi connectivity index (χ0v) is 18.4. The van der Waals surface area contributed by atoms with Crippen LogP contribution in [0.25, 0.3) is 5.69 Å². The van der Waals surface area contributed by atoms with Crippen LogP contribution in [0.3, 0.4) is 0 Å². The van der Waals surface area contributed by atoms with E-state index >= 15 is 0 Å². The van der Waals surface area contributed by atoms with Crippen molar-refractivity contribution in [2.24, 2.45) is 0 Å². The van der Waals surface area contributed by atoms with Crippen molar-refractivity contribution in [2.75, 3.05) is 36.8 Å². The van der Waals surface area contributed by atoms with Gasteiger partial charge in [0.05, 0.1) is 11.4 Å². The molecule has 1 aliphatic rings. The molecule has 9 nitrogen and oxygen atoms in total. The van der Waals surface area contributed by atoms with E-state index in [9.17, 15) is 4.79 Å². The van der Waals surface area contributed by atoms with Crippen LogP contribution >= 0.6 is 11.8 Å². The normalized spacial score (nSPS) is 14.1. The highest BCUT2D eigenvalue weighted by Gasteiger charge is 2.23. The third kappa shape index (κ3) is 5.38. The number of hydrogen-bond acceptors (Lipinski definition) is 8. The van der Waals surface area contributed by atoms with Crippen LogP contribution in [-0.4, -0.2) is 72.9 Å². The highest BCUT2D eigenvalue weighted by atomic mass is 32.2. The number of hydrogen-bond donors (Lipinski definition) is 0. The molecule has 10 heteroatoms. The van der Waals surface area contributed by atoms with Gasteiger partial charge in [-0.25, -0.2) is 9.97 Å². The first kappa shape index (κ1) is 21.2. The molecule has 0 radical (unpaired) electrons. The molecule has 31 heavy (non-hydrogen) atoms. The summed E-state index contributed by atoms with van der Waals surface area (Å²) in [6.45, 7) is 4.95. The molecule has 3 aromatic rings. The van der Waals surface area contributed by atoms with Crippen LogP contribution in [0.4, 0.5) is 5.95 Å². The van der Waals surface area contributed by atoms with Crippen LogP contribution in [0, 0.1) is 0 Å². The zero-order valence-electron chi connectivity index (χ0n) is 17.6. The fourth-order valence-corrected chi connectivity index (χ4v) is 4.24. The smallest absolute Gasteiger partial charge is 0.233 e. The van der Waals surface area contributed by atoms with E-state index in [1.807, 2.05) is 17.0 Å². The largest absolute Gasteiger partial charge is 0.338 e. The highest BCUT2D eigenvalue weighted by Crippen LogP contribution is 2.20. The zero-order chi connectivity index (χ0) is 21.5. The fraction of sp³-hybridized carbons (Fsp3) is 0.429. The molecule has 4 rings (SSSR count). The topological polar surface area (TPSA) is 92.9 Å². The summed E-state index contributed by atoms with van der Waals surface area (Å²) in [6, 6.07) is 10.1. The van der Waals surface area contributed by atoms with Gasteiger partial charge >= 0.3 is 0 Å². The Morgan fingerprint density at radius 1 is 1.06 bits per heavy atom. The minimum absolute atomic E-state index is 0.0862. The molecule has 1 aliphatic heterocycles. The van der Waals surface area contributed by atoms with Crippen molar-refractivity contribution in [3.63, 3.8) is 0 Å². The van der Waals surface area contributed by atoms with Gasteiger partial charge in [0.1, 0.15) is 0 Å². The summed E-state index contributed by atoms with van der Waals surface area (Å²) in [7, 11) is 0. The van der Waals surface area contributed by atoms with Gasteiger partial charge in [0.2, 0.25) is 17.0 Å². The molecule has 0 N–H and O–H groups in total. The summed E-state index contributed by atoms with van der Waals surface area (Å²) in [4.78, 5) is 25.3. The highest BCUT2D eigenvalue weighted by molar-refractivity contribution is 7.99. The van der Waals surface area contributed by atoms with Crippen LogP contribution in [0.1, 0.15) is 25.3 Å². The summed E-state index contributed by atoms with van der Waals surface area (Å²) in [6.07, 6.45) is 6.91. The monoisotopic (exact) mass is 438 g/mol. The second-order valence-corrected chi connectivity index (χ2v) is 8.29. The first-order chi connectivity index (χ1) is 15.2. The number of unbranched alkanes of at least 4 members (excludes halogenated alkanes) is 1. The Labute approximate surface area is 185 Å². The van der Waals surface area contributed by atoms with Crippen molar-refractivity contribution < 1.29 is 4.79 Å². The number of tetrazole rings is 1. The molecule has 1 amide bonds. The maximum absolute atomic E-state index is 12.7. The molecule has 162 valence electrons. The molecule has 0 bridgehead atoms. The minimum atomic E-state index is 0.0862. The third-order valence-electron chi connectivity index (χ3n) is 5.23. The Bertz CT molecular complexity index is 971. The number of carbonyl (C=O) groups excluding carboxylic acids is 1. The third-order valence-corrected chi connectivity index (χ3v) is 6.14. The van der Waals surface area contributed by atoms with Crippen molar-refractivity contribution in [3.05, 3.63) is 48.3 Å². The Kier molecular flexibility index (Phi) is 7.08. The second kappa shape index (κ2) is 10.3. The number of thioether (sulfide) groups is 1. The Morgan fingerprint density at radius 2 is 1.81 bits per heavy atom. The number of piperazine rings is 1. The van der Waals surface area contributed by atoms with Crippen LogP contribution < -0.4 is 4.90 Å². The number of anilines is 1. The SMILES string of the molecule is CCCCc1ccc(-n2nnnc2SCC(=O)N2CCN(c3ncccn3)CC2)cc1. The molecule has 0 atom stereocenters. The molecule has 0 unspecified atom stereocenters. The van der Waals surface area contributed by atoms with Gasteiger partial charge in [-0.3, -0.25) is 4.79 Å². The number of amides is 1. The molecule has 1 aromatic carbocycles. The number of carbonyl (C=O) groups is 1. The summed E-state index contributed by atoms with van der Waals surface area (Å²) < 4.78 is 1.69. The van der Waals surface area contributed by atoms with E-state index in [-0.39, 0.29) is 5.91 Å². The van der Waals surface area contributed by atoms with Gasteiger partial charge in [0.15, 0.2) is 0 Å². The molecule has 1 saturated heterocycles. The summed E-state index contributed by atoms with van der Waals surface area (Å²) in [5, 5.41) is 12.6. The summed E-state index contributed by atoms with van der Waals surface area (Å²) in [5.74, 6) is 1.10. The molecule has 0 aliphatic carbocycles. The summed E-state index contributed by atoms with van der Waals surface area (Å²) >= 11 is 1.36. The molecule has 1 fully saturated rings. The summed E-state index contributed by atoms with van der Waals surface area (Å²) in [5.41, 5.74) is 2.21. The lowest BCUT2D eigenvalue weighted by Crippen LogP contribution is -2.49. The van der Waals surface area contributed by atoms with Crippen LogP contribution in [0.5, 0.6) is 0 Å². The van der Waals surface area contributed by atoms with Gasteiger partial charge in [-0.2, -0.15) is 4.68 Å². The van der Waals surface area contributed by atoms with Crippen LogP contribution in [0.15, 0.2) is 47.9 Å². The van der Waals surface area contributed by atoms with Crippen molar-refractivity contribution >= 4 is 23.6 Å². The number of benzene rings is 1. The van der Waals surface area contributed by atoms with E-state index in [1.165, 1.54) is 30.2 Å². The van der Waals surface area contributed by atoms with E-state index in [1.54, 1.807) is 23.1 Å². The number of aryl methyl sites for hydroxylation is 1. The first-order valence-corrected chi connectivity index (χ1v) is 11.5. The van der Waals surface area contributed by atoms with E-state index in [0.29, 0.717) is 29.9 Å². The molecule has 0 spiro atoms. The lowest BCUT2D eigenvalue weighted by Gasteiger charge is -2.34. The predicted octanol–water partition coefficient (Wildman–Crippen LogP) is 2.24. The van der Waals surface area contributed by atoms with Gasteiger partial charge in [-0.15, -0.1) is 5.10 Å². The Hall–Kier alpha value is -3.01. The van der Waals surface area contributed by atoms with Gasteiger partial charge in [0, 0.05) is 38.6 Å². The van der Waals surface area contributed by atoms with Gasteiger partial charge in [0.25, 0.3) is 0 Å². The van der Waals surface area contributed by atoms with E-state index in [4.69, 9.17) is 0 Å². The van der Waals surface area contributed by atoms with E-state index < -0.39 is 0 Å². The van der Waals surface area contributed by atoms with E-state index in [0.717, 1.165) is 25.2 Å². The van der Waals surface area contributed by atoms with Crippen molar-refractivity contribution in [3.8, 4) is 5.69 Å². The van der Waals surface area contributed by atoms with Crippen molar-refractivity contribution in [1.29, 1.82) is 0 Å². The van der Waals surface area contributed by atoms with Gasteiger partial charge in [-0.05, 0) is 47.0 Å². The first-order valence-electron chi connectivity index (χ1n) is 10.5. The maximum atomic E-state index is 12.7. The molecular formula is C21H26N8OS. The van der Waals surface area contributed by atoms with Crippen LogP contribution in [0.2, 0.25) is 0 Å². The van der Waals surface area contributed by atoms with Crippen molar-refractivity contribution in [1.82, 2.24) is 35.1 Å². The number of aromatic nitrogens is 6. The number of nitrogens with zero attached hydrogens (tertiary/aromatic N) is 8. The molecule has 0 saturated carbocycles. The van der Waals surface area contributed by atoms with Gasteiger partial charge < -0.3 is 9.80 Å². The standard InChI is InChI=1S/C21H26N8OS/c1-2-3-5-17-6-8-18(9-7-17)29-21(24-25-26-29)31-16-19(30)27-12-14-28(15-13-27)20-22-10-4-11-23-20/h4,6-11H,2-3,5,12-16H2,1H3. The van der Waals surface area contributed by atoms with E-state index in [2.05, 4.69) is 49.4 Å². The Morgan fingerprint density at radius 3 is 2.52 bits per heavy atom. The van der Waals surface area contributed by atoms with Crippen molar-refractivity contribution in [2.45, 2.75) is 31.3 Å². The molecular weight excluding hydrogens is 412 g/mol. The van der Waals surface area contributed by atoms with Crippen LogP contribution in [-0.2, 0) is 11.2 Å². The van der Waals surface area contributed by atoms with Gasteiger partial charge in [-0.1, -0.05) is 37.2 Å². The second-order valence-electron chi connectivity index (χ2n) is 7.35. The maximum Gasteiger partial charge on any atom is 0.233 e. The average molecular weight is 439 g/mol. The lowest BCUT2D eigenvalue weighted by atomic mass is 10.1. The quantitative estimate of drug-likeness (QED) is 0.495. The number of rotatable bonds is 8.